The van der Waals surface area contributed by atoms with Crippen LogP contribution >= 0.6 is 0 Å². The van der Waals surface area contributed by atoms with E-state index in [1.807, 2.05) is 0 Å². The van der Waals surface area contributed by atoms with Crippen LogP contribution in [0.15, 0.2) is 24.3 Å². The van der Waals surface area contributed by atoms with Gasteiger partial charge in [0.25, 0.3) is 11.8 Å². The highest BCUT2D eigenvalue weighted by Gasteiger charge is 2.57. The number of fused-ring (bicyclic) bond motifs is 2. The van der Waals surface area contributed by atoms with Gasteiger partial charge in [-0.05, 0) is 25.0 Å². The Bertz CT molecular complexity index is 550. The monoisotopic (exact) mass is 259 g/mol. The van der Waals surface area contributed by atoms with Crippen LogP contribution in [-0.2, 0) is 4.74 Å². The van der Waals surface area contributed by atoms with Crippen LogP contribution in [0.4, 0.5) is 0 Å². The summed E-state index contributed by atoms with van der Waals surface area (Å²) in [7, 11) is 0. The molecule has 1 saturated carbocycles. The zero-order valence-electron chi connectivity index (χ0n) is 10.2. The van der Waals surface area contributed by atoms with Crippen molar-refractivity contribution in [2.75, 3.05) is 0 Å². The molecule has 5 nitrogen and oxygen atoms in total. The van der Waals surface area contributed by atoms with E-state index in [4.69, 9.17) is 4.74 Å². The molecule has 0 aromatic heterocycles. The Kier molecular flexibility index (Phi) is 2.14. The third-order valence-corrected chi connectivity index (χ3v) is 4.24. The highest BCUT2D eigenvalue weighted by Crippen LogP contribution is 2.41. The van der Waals surface area contributed by atoms with Crippen molar-refractivity contribution >= 4 is 11.8 Å². The zero-order valence-corrected chi connectivity index (χ0v) is 10.2. The van der Waals surface area contributed by atoms with Crippen molar-refractivity contribution in [3.8, 4) is 0 Å². The molecule has 2 fully saturated rings. The second kappa shape index (κ2) is 3.65. The van der Waals surface area contributed by atoms with Crippen LogP contribution in [0.3, 0.4) is 0 Å². The first-order valence-electron chi connectivity index (χ1n) is 6.49. The number of benzene rings is 1. The molecule has 2 amide bonds. The number of aliphatic hydroxyl groups is 1. The Morgan fingerprint density at radius 3 is 2.32 bits per heavy atom. The molecule has 4 rings (SSSR count). The minimum absolute atomic E-state index is 0.189. The summed E-state index contributed by atoms with van der Waals surface area (Å²) in [5.41, 5.74) is 0.937. The number of aliphatic hydroxyl groups excluding tert-OH is 1. The highest BCUT2D eigenvalue weighted by atomic mass is 16.6. The molecular formula is C14H13NO4. The summed E-state index contributed by atoms with van der Waals surface area (Å²) < 4.78 is 5.41. The number of amides is 2. The van der Waals surface area contributed by atoms with Gasteiger partial charge in [0, 0.05) is 0 Å². The summed E-state index contributed by atoms with van der Waals surface area (Å²) in [5.74, 6) is -0.479. The molecule has 19 heavy (non-hydrogen) atoms. The van der Waals surface area contributed by atoms with Gasteiger partial charge in [-0.15, -0.1) is 0 Å². The molecule has 1 saturated heterocycles. The molecular weight excluding hydrogens is 246 g/mol. The van der Waals surface area contributed by atoms with Crippen molar-refractivity contribution in [3.05, 3.63) is 35.4 Å². The average Bonchev–Trinajstić information content (AvgIpc) is 3.18. The number of ether oxygens (including phenoxy) is 1. The van der Waals surface area contributed by atoms with Gasteiger partial charge in [0.1, 0.15) is 12.2 Å². The quantitative estimate of drug-likeness (QED) is 0.591. The fourth-order valence-electron chi connectivity index (χ4n) is 3.21. The minimum atomic E-state index is -0.462. The van der Waals surface area contributed by atoms with Gasteiger partial charge in [0.2, 0.25) is 0 Å². The van der Waals surface area contributed by atoms with Gasteiger partial charge in [0.15, 0.2) is 0 Å². The molecule has 5 heteroatoms. The molecule has 0 spiro atoms. The van der Waals surface area contributed by atoms with Crippen molar-refractivity contribution in [2.24, 2.45) is 0 Å². The molecule has 1 aromatic rings. The normalized spacial score (nSPS) is 36.2. The van der Waals surface area contributed by atoms with E-state index < -0.39 is 6.10 Å². The number of rotatable bonds is 1. The second-order valence-electron chi connectivity index (χ2n) is 5.30. The Balaban J connectivity index is 1.68. The molecule has 1 aliphatic carbocycles. The summed E-state index contributed by atoms with van der Waals surface area (Å²) in [6.45, 7) is 0. The fraction of sp³-hybridized carbons (Fsp3) is 0.429. The van der Waals surface area contributed by atoms with Crippen LogP contribution in [0.1, 0.15) is 33.6 Å². The summed E-state index contributed by atoms with van der Waals surface area (Å²) in [6.07, 6.45) is 0.318. The molecule has 3 aliphatic rings. The maximum Gasteiger partial charge on any atom is 0.261 e. The minimum Gasteiger partial charge on any atom is -0.390 e. The second-order valence-corrected chi connectivity index (χ2v) is 5.30. The maximum absolute atomic E-state index is 12.3. The van der Waals surface area contributed by atoms with Gasteiger partial charge in [-0.25, -0.2) is 0 Å². The molecule has 0 radical (unpaired) electrons. The molecule has 4 unspecified atom stereocenters. The molecule has 2 heterocycles. The number of hydrogen-bond donors (Lipinski definition) is 1. The first-order valence-corrected chi connectivity index (χ1v) is 6.49. The van der Waals surface area contributed by atoms with Crippen LogP contribution in [-0.4, -0.2) is 46.2 Å². The fourth-order valence-corrected chi connectivity index (χ4v) is 3.21. The SMILES string of the molecule is O=C1c2ccccc2C(=O)N1C1CCC(O)C2OC21. The predicted molar refractivity (Wildman–Crippen MR) is 64.6 cm³/mol. The molecule has 4 atom stereocenters. The number of imide groups is 1. The third kappa shape index (κ3) is 1.42. The van der Waals surface area contributed by atoms with Gasteiger partial charge < -0.3 is 9.84 Å². The lowest BCUT2D eigenvalue weighted by molar-refractivity contribution is 0.0505. The summed E-state index contributed by atoms with van der Waals surface area (Å²) >= 11 is 0. The van der Waals surface area contributed by atoms with Crippen molar-refractivity contribution in [2.45, 2.75) is 37.2 Å². The van der Waals surface area contributed by atoms with Crippen LogP contribution in [0, 0.1) is 0 Å². The number of hydrogen-bond acceptors (Lipinski definition) is 4. The van der Waals surface area contributed by atoms with E-state index in [-0.39, 0.29) is 30.1 Å². The van der Waals surface area contributed by atoms with Crippen LogP contribution in [0.25, 0.3) is 0 Å². The average molecular weight is 259 g/mol. The van der Waals surface area contributed by atoms with Gasteiger partial charge >= 0.3 is 0 Å². The Labute approximate surface area is 109 Å². The van der Waals surface area contributed by atoms with E-state index in [1.165, 1.54) is 4.90 Å². The number of carbonyl (C=O) groups excluding carboxylic acids is 2. The summed E-state index contributed by atoms with van der Waals surface area (Å²) in [5, 5.41) is 9.67. The van der Waals surface area contributed by atoms with E-state index >= 15 is 0 Å². The molecule has 1 aromatic carbocycles. The van der Waals surface area contributed by atoms with E-state index in [2.05, 4.69) is 0 Å². The first kappa shape index (κ1) is 11.1. The lowest BCUT2D eigenvalue weighted by atomic mass is 9.92. The van der Waals surface area contributed by atoms with Crippen LogP contribution in [0.2, 0.25) is 0 Å². The lowest BCUT2D eigenvalue weighted by Gasteiger charge is -2.28. The van der Waals surface area contributed by atoms with Crippen LogP contribution < -0.4 is 0 Å². The Morgan fingerprint density at radius 1 is 1.05 bits per heavy atom. The van der Waals surface area contributed by atoms with E-state index in [0.29, 0.717) is 24.0 Å². The number of epoxide rings is 1. The molecule has 2 aliphatic heterocycles. The van der Waals surface area contributed by atoms with Gasteiger partial charge in [0.05, 0.1) is 23.3 Å². The van der Waals surface area contributed by atoms with Crippen molar-refractivity contribution < 1.29 is 19.4 Å². The topological polar surface area (TPSA) is 70.1 Å². The van der Waals surface area contributed by atoms with Crippen molar-refractivity contribution in [1.82, 2.24) is 4.90 Å². The number of nitrogens with zero attached hydrogens (tertiary/aromatic N) is 1. The van der Waals surface area contributed by atoms with Crippen molar-refractivity contribution in [3.63, 3.8) is 0 Å². The summed E-state index contributed by atoms with van der Waals surface area (Å²) in [4.78, 5) is 26.0. The Morgan fingerprint density at radius 2 is 1.68 bits per heavy atom. The summed E-state index contributed by atoms with van der Waals surface area (Å²) in [6, 6.07) is 6.64. The largest absolute Gasteiger partial charge is 0.390 e. The molecule has 98 valence electrons. The van der Waals surface area contributed by atoms with E-state index in [0.717, 1.165) is 0 Å². The lowest BCUT2D eigenvalue weighted by Crippen LogP contribution is -2.47. The van der Waals surface area contributed by atoms with E-state index in [1.54, 1.807) is 24.3 Å². The predicted octanol–water partition coefficient (Wildman–Crippen LogP) is 0.573. The van der Waals surface area contributed by atoms with Gasteiger partial charge in [-0.1, -0.05) is 12.1 Å². The van der Waals surface area contributed by atoms with Crippen LogP contribution in [0.5, 0.6) is 0 Å². The van der Waals surface area contributed by atoms with Crippen molar-refractivity contribution in [1.29, 1.82) is 0 Å². The first-order chi connectivity index (χ1) is 9.18. The van der Waals surface area contributed by atoms with Gasteiger partial charge in [-0.3, -0.25) is 14.5 Å². The Hall–Kier alpha value is -1.72. The molecule has 0 bridgehead atoms. The molecule has 1 N–H and O–H groups in total. The van der Waals surface area contributed by atoms with E-state index in [9.17, 15) is 14.7 Å². The standard InChI is InChI=1S/C14H13NO4/c16-10-6-5-9(11-12(10)19-11)15-13(17)7-3-1-2-4-8(7)14(15)18/h1-4,9-12,16H,5-6H2. The third-order valence-electron chi connectivity index (χ3n) is 4.24. The maximum atomic E-state index is 12.3. The highest BCUT2D eigenvalue weighted by molar-refractivity contribution is 6.21. The smallest absolute Gasteiger partial charge is 0.261 e. The van der Waals surface area contributed by atoms with Gasteiger partial charge in [-0.2, -0.15) is 0 Å². The number of carbonyl (C=O) groups is 2. The zero-order chi connectivity index (χ0) is 13.1.